The second kappa shape index (κ2) is 6.49. The van der Waals surface area contributed by atoms with Gasteiger partial charge in [-0.25, -0.2) is 9.59 Å². The molecule has 0 aliphatic carbocycles. The van der Waals surface area contributed by atoms with Crippen molar-refractivity contribution in [2.45, 2.75) is 6.92 Å². The van der Waals surface area contributed by atoms with Gasteiger partial charge < -0.3 is 13.9 Å². The number of methoxy groups -OCH3 is 1. The van der Waals surface area contributed by atoms with Crippen molar-refractivity contribution in [3.05, 3.63) is 63.8 Å². The minimum Gasteiger partial charge on any atom is -0.465 e. The van der Waals surface area contributed by atoms with Gasteiger partial charge in [-0.2, -0.15) is 0 Å². The number of fused-ring (bicyclic) bond motifs is 1. The topological polar surface area (TPSA) is 65.7 Å². The number of hydrogen-bond donors (Lipinski definition) is 0. The Morgan fingerprint density at radius 2 is 1.75 bits per heavy atom. The van der Waals surface area contributed by atoms with Crippen LogP contribution < -0.4 is 4.74 Å². The van der Waals surface area contributed by atoms with Gasteiger partial charge in [0, 0.05) is 9.86 Å². The lowest BCUT2D eigenvalue weighted by Crippen LogP contribution is -2.08. The maximum absolute atomic E-state index is 12.2. The number of hydrogen-bond acceptors (Lipinski definition) is 5. The third-order valence-electron chi connectivity index (χ3n) is 3.52. The van der Waals surface area contributed by atoms with Crippen LogP contribution in [-0.2, 0) is 4.74 Å². The van der Waals surface area contributed by atoms with E-state index < -0.39 is 11.9 Å². The lowest BCUT2D eigenvalue weighted by molar-refractivity contribution is 0.0600. The zero-order chi connectivity index (χ0) is 17.3. The summed E-state index contributed by atoms with van der Waals surface area (Å²) in [5.74, 6) is -0.209. The van der Waals surface area contributed by atoms with Crippen LogP contribution in [0.2, 0.25) is 0 Å². The van der Waals surface area contributed by atoms with E-state index in [9.17, 15) is 9.59 Å². The van der Waals surface area contributed by atoms with Crippen molar-refractivity contribution in [1.82, 2.24) is 0 Å². The van der Waals surface area contributed by atoms with Gasteiger partial charge in [0.15, 0.2) is 0 Å². The van der Waals surface area contributed by atoms with Gasteiger partial charge in [0.05, 0.1) is 12.7 Å². The molecule has 0 saturated carbocycles. The monoisotopic (exact) mass is 388 g/mol. The van der Waals surface area contributed by atoms with E-state index in [4.69, 9.17) is 13.9 Å². The van der Waals surface area contributed by atoms with Gasteiger partial charge in [0.25, 0.3) is 0 Å². The molecular weight excluding hydrogens is 376 g/mol. The molecule has 0 bridgehead atoms. The fraction of sp³-hybridized carbons (Fsp3) is 0.111. The minimum atomic E-state index is -0.498. The number of ether oxygens (including phenoxy) is 2. The first kappa shape index (κ1) is 16.3. The average molecular weight is 389 g/mol. The molecule has 0 atom stereocenters. The maximum atomic E-state index is 12.2. The molecule has 0 N–H and O–H groups in total. The van der Waals surface area contributed by atoms with Gasteiger partial charge in [-0.3, -0.25) is 0 Å². The number of carbonyl (C=O) groups is 2. The van der Waals surface area contributed by atoms with Crippen LogP contribution in [0.25, 0.3) is 11.0 Å². The van der Waals surface area contributed by atoms with E-state index in [1.54, 1.807) is 49.4 Å². The summed E-state index contributed by atoms with van der Waals surface area (Å²) in [6.45, 7) is 1.68. The van der Waals surface area contributed by atoms with E-state index in [-0.39, 0.29) is 0 Å². The summed E-state index contributed by atoms with van der Waals surface area (Å²) in [7, 11) is 1.30. The van der Waals surface area contributed by atoms with E-state index in [0.717, 1.165) is 4.47 Å². The fourth-order valence-electron chi connectivity index (χ4n) is 2.37. The van der Waals surface area contributed by atoms with Gasteiger partial charge in [-0.1, -0.05) is 15.9 Å². The van der Waals surface area contributed by atoms with Gasteiger partial charge >= 0.3 is 11.9 Å². The molecule has 0 unspecified atom stereocenters. The summed E-state index contributed by atoms with van der Waals surface area (Å²) in [6, 6.07) is 11.7. The van der Waals surface area contributed by atoms with Crippen molar-refractivity contribution in [2.75, 3.05) is 7.11 Å². The molecule has 1 heterocycles. The first-order chi connectivity index (χ1) is 11.5. The number of aryl methyl sites for hydroxylation is 1. The summed E-state index contributed by atoms with van der Waals surface area (Å²) >= 11 is 3.31. The molecule has 0 spiro atoms. The normalized spacial score (nSPS) is 10.6. The van der Waals surface area contributed by atoms with Crippen LogP contribution in [0.4, 0.5) is 0 Å². The largest absolute Gasteiger partial charge is 0.465 e. The Bertz CT molecular complexity index is 924. The molecule has 2 aromatic carbocycles. The molecule has 0 saturated heterocycles. The number of rotatable bonds is 3. The third-order valence-corrected chi connectivity index (χ3v) is 4.04. The van der Waals surface area contributed by atoms with Crippen molar-refractivity contribution in [3.8, 4) is 5.75 Å². The molecule has 24 heavy (non-hydrogen) atoms. The molecule has 122 valence electrons. The predicted molar refractivity (Wildman–Crippen MR) is 91.4 cm³/mol. The molecule has 0 radical (unpaired) electrons. The zero-order valence-corrected chi connectivity index (χ0v) is 14.5. The lowest BCUT2D eigenvalue weighted by atomic mass is 10.1. The number of halogens is 1. The van der Waals surface area contributed by atoms with Crippen LogP contribution in [0.1, 0.15) is 26.5 Å². The highest BCUT2D eigenvalue weighted by Gasteiger charge is 2.20. The number of benzene rings is 2. The van der Waals surface area contributed by atoms with Crippen molar-refractivity contribution < 1.29 is 23.5 Å². The number of carbonyl (C=O) groups excluding carboxylic acids is 2. The fourth-order valence-corrected chi connectivity index (χ4v) is 2.63. The highest BCUT2D eigenvalue weighted by Crippen LogP contribution is 2.30. The molecule has 6 heteroatoms. The predicted octanol–water partition coefficient (Wildman–Crippen LogP) is 4.51. The van der Waals surface area contributed by atoms with Crippen LogP contribution >= 0.6 is 15.9 Å². The zero-order valence-electron chi connectivity index (χ0n) is 13.0. The van der Waals surface area contributed by atoms with E-state index in [1.165, 1.54) is 7.11 Å². The average Bonchev–Trinajstić information content (AvgIpc) is 2.90. The molecule has 1 aromatic heterocycles. The molecule has 5 nitrogen and oxygen atoms in total. The summed E-state index contributed by atoms with van der Waals surface area (Å²) in [5.41, 5.74) is 1.28. The Hall–Kier alpha value is -2.60. The Labute approximate surface area is 146 Å². The molecule has 0 aliphatic heterocycles. The van der Waals surface area contributed by atoms with E-state index in [2.05, 4.69) is 15.9 Å². The highest BCUT2D eigenvalue weighted by molar-refractivity contribution is 9.10. The summed E-state index contributed by atoms with van der Waals surface area (Å²) in [5, 5.41) is 0.542. The highest BCUT2D eigenvalue weighted by atomic mass is 79.9. The van der Waals surface area contributed by atoms with Gasteiger partial charge in [-0.05, 0) is 49.4 Å². The first-order valence-electron chi connectivity index (χ1n) is 7.09. The van der Waals surface area contributed by atoms with E-state index in [0.29, 0.717) is 33.6 Å². The second-order valence-corrected chi connectivity index (χ2v) is 5.99. The second-order valence-electron chi connectivity index (χ2n) is 5.08. The maximum Gasteiger partial charge on any atom is 0.343 e. The van der Waals surface area contributed by atoms with Crippen LogP contribution in [-0.4, -0.2) is 19.0 Å². The van der Waals surface area contributed by atoms with Crippen molar-refractivity contribution in [2.24, 2.45) is 0 Å². The van der Waals surface area contributed by atoms with Gasteiger partial charge in [0.2, 0.25) is 0 Å². The van der Waals surface area contributed by atoms with Crippen LogP contribution in [0.5, 0.6) is 5.75 Å². The molecule has 3 rings (SSSR count). The van der Waals surface area contributed by atoms with Gasteiger partial charge in [0.1, 0.15) is 22.7 Å². The SMILES string of the molecule is COC(=O)c1c(C)oc2ccc(OC(=O)c3ccc(Br)cc3)cc12. The Morgan fingerprint density at radius 3 is 2.42 bits per heavy atom. The molecule has 0 aliphatic rings. The van der Waals surface area contributed by atoms with Crippen molar-refractivity contribution >= 4 is 38.8 Å². The van der Waals surface area contributed by atoms with Crippen LogP contribution in [0.15, 0.2) is 51.4 Å². The van der Waals surface area contributed by atoms with Crippen molar-refractivity contribution in [1.29, 1.82) is 0 Å². The van der Waals surface area contributed by atoms with Crippen molar-refractivity contribution in [3.63, 3.8) is 0 Å². The Balaban J connectivity index is 1.94. The molecule has 3 aromatic rings. The van der Waals surface area contributed by atoms with E-state index >= 15 is 0 Å². The molecule has 0 amide bonds. The van der Waals surface area contributed by atoms with Crippen LogP contribution in [0, 0.1) is 6.92 Å². The van der Waals surface area contributed by atoms with Crippen LogP contribution in [0.3, 0.4) is 0 Å². The molecular formula is C18H13BrO5. The smallest absolute Gasteiger partial charge is 0.343 e. The van der Waals surface area contributed by atoms with E-state index in [1.807, 2.05) is 0 Å². The standard InChI is InChI=1S/C18H13BrO5/c1-10-16(18(21)22-2)14-9-13(7-8-15(14)23-10)24-17(20)11-3-5-12(19)6-4-11/h3-9H,1-2H3. The Kier molecular flexibility index (Phi) is 4.40. The number of furan rings is 1. The van der Waals surface area contributed by atoms with Gasteiger partial charge in [-0.15, -0.1) is 0 Å². The molecule has 0 fully saturated rings. The summed E-state index contributed by atoms with van der Waals surface area (Å²) < 4.78 is 16.6. The summed E-state index contributed by atoms with van der Waals surface area (Å²) in [6.07, 6.45) is 0. The first-order valence-corrected chi connectivity index (χ1v) is 7.88. The Morgan fingerprint density at radius 1 is 1.04 bits per heavy atom. The minimum absolute atomic E-state index is 0.321. The summed E-state index contributed by atoms with van der Waals surface area (Å²) in [4.78, 5) is 24.1. The lowest BCUT2D eigenvalue weighted by Gasteiger charge is -2.05. The quantitative estimate of drug-likeness (QED) is 0.487. The number of esters is 2. The third kappa shape index (κ3) is 3.05.